The van der Waals surface area contributed by atoms with Gasteiger partial charge in [0.25, 0.3) is 0 Å². The van der Waals surface area contributed by atoms with Gasteiger partial charge in [-0.05, 0) is 72.8 Å². The van der Waals surface area contributed by atoms with Crippen LogP contribution >= 0.6 is 11.3 Å². The molecule has 10 aromatic carbocycles. The second-order valence-corrected chi connectivity index (χ2v) is 19.7. The molecule has 0 unspecified atom stereocenters. The molecule has 0 bridgehead atoms. The molecule has 350 valence electrons. The summed E-state index contributed by atoms with van der Waals surface area (Å²) >= 11 is 1.89. The highest BCUT2D eigenvalue weighted by Gasteiger charge is 2.22. The van der Waals surface area contributed by atoms with Crippen LogP contribution in [0.15, 0.2) is 243 Å². The highest BCUT2D eigenvalue weighted by atomic mass is 32.1. The van der Waals surface area contributed by atoms with Crippen molar-refractivity contribution in [2.45, 2.75) is 0 Å². The highest BCUT2D eigenvalue weighted by molar-refractivity contribution is 7.27. The lowest BCUT2D eigenvalue weighted by Crippen LogP contribution is -2.00. The molecule has 75 heavy (non-hydrogen) atoms. The number of fused-ring (bicyclic) bond motifs is 11. The SMILES string of the molecule is c1ccc(-c2nc(-c3ccccc3)nc(-c3ccc(-n4c5ccccc5c5c6sc7c(ccc8c7c7ccccc7n8-c7ccc(-c8nc(-c9ccccc9)nc(-c9ccccc9)n8)cc7)c6ccc54)cc3)n2)cc1. The maximum Gasteiger partial charge on any atom is 0.164 e. The van der Waals surface area contributed by atoms with Crippen LogP contribution in [0.1, 0.15) is 0 Å². The summed E-state index contributed by atoms with van der Waals surface area (Å²) < 4.78 is 7.33. The predicted octanol–water partition coefficient (Wildman–Crippen LogP) is 16.6. The maximum atomic E-state index is 5.01. The standard InChI is InChI=1S/C66H40N8S/c1-5-17-41(18-6-1)61-67-62(42-19-7-2-8-20-42)70-65(69-61)45-29-33-47(34-30-45)73-53-27-15-13-25-51(53)57-55(73)39-37-49-50-38-40-56-58(60(50)75-59(49)57)52-26-14-16-28-54(52)74(56)48-35-31-46(32-36-48)66-71-63(43-21-9-3-10-22-43)68-64(72-66)44-23-11-4-12-24-44/h1-40H. The molecule has 0 N–H and O–H groups in total. The average Bonchev–Trinajstić information content (AvgIpc) is 4.17. The Morgan fingerprint density at radius 1 is 0.227 bits per heavy atom. The van der Waals surface area contributed by atoms with Crippen LogP contribution < -0.4 is 0 Å². The van der Waals surface area contributed by atoms with E-state index in [1.807, 2.05) is 133 Å². The zero-order chi connectivity index (χ0) is 49.4. The monoisotopic (exact) mass is 976 g/mol. The Morgan fingerprint density at radius 3 is 0.827 bits per heavy atom. The average molecular weight is 977 g/mol. The van der Waals surface area contributed by atoms with E-state index < -0.39 is 0 Å². The van der Waals surface area contributed by atoms with Gasteiger partial charge in [0.05, 0.1) is 22.1 Å². The molecule has 0 aliphatic rings. The number of nitrogens with zero attached hydrogens (tertiary/aromatic N) is 8. The Balaban J connectivity index is 0.844. The number of thiophene rings is 1. The number of aromatic nitrogens is 8. The van der Waals surface area contributed by atoms with E-state index in [1.54, 1.807) is 0 Å². The molecule has 0 saturated heterocycles. The van der Waals surface area contributed by atoms with Crippen molar-refractivity contribution in [3.8, 4) is 79.7 Å². The van der Waals surface area contributed by atoms with E-state index in [0.29, 0.717) is 34.9 Å². The van der Waals surface area contributed by atoms with Crippen LogP contribution in [0.4, 0.5) is 0 Å². The van der Waals surface area contributed by atoms with Gasteiger partial charge in [0.2, 0.25) is 0 Å². The van der Waals surface area contributed by atoms with Crippen molar-refractivity contribution in [1.82, 2.24) is 39.0 Å². The van der Waals surface area contributed by atoms with Crippen LogP contribution in [0.2, 0.25) is 0 Å². The molecule has 0 amide bonds. The van der Waals surface area contributed by atoms with Gasteiger partial charge >= 0.3 is 0 Å². The minimum absolute atomic E-state index is 0.628. The zero-order valence-electron chi connectivity index (χ0n) is 40.1. The number of hydrogen-bond donors (Lipinski definition) is 0. The molecular weight excluding hydrogens is 937 g/mol. The first-order valence-corrected chi connectivity index (χ1v) is 25.8. The molecule has 0 aliphatic carbocycles. The third kappa shape index (κ3) is 7.12. The van der Waals surface area contributed by atoms with Gasteiger partial charge in [-0.3, -0.25) is 0 Å². The second kappa shape index (κ2) is 17.4. The van der Waals surface area contributed by atoms with Crippen LogP contribution in [-0.4, -0.2) is 39.0 Å². The smallest absolute Gasteiger partial charge is 0.164 e. The first kappa shape index (κ1) is 42.7. The summed E-state index contributed by atoms with van der Waals surface area (Å²) in [6, 6.07) is 84.5. The number of rotatable bonds is 8. The van der Waals surface area contributed by atoms with Crippen molar-refractivity contribution in [1.29, 1.82) is 0 Å². The lowest BCUT2D eigenvalue weighted by Gasteiger charge is -2.11. The number of benzene rings is 10. The van der Waals surface area contributed by atoms with Crippen LogP contribution in [0.3, 0.4) is 0 Å². The second-order valence-electron chi connectivity index (χ2n) is 18.7. The zero-order valence-corrected chi connectivity index (χ0v) is 40.9. The summed E-state index contributed by atoms with van der Waals surface area (Å²) in [6.45, 7) is 0. The van der Waals surface area contributed by atoms with Gasteiger partial charge in [-0.1, -0.05) is 170 Å². The summed E-state index contributed by atoms with van der Waals surface area (Å²) in [7, 11) is 0. The first-order valence-electron chi connectivity index (χ1n) is 24.9. The van der Waals surface area contributed by atoms with Gasteiger partial charge < -0.3 is 9.13 Å². The Morgan fingerprint density at radius 2 is 0.507 bits per heavy atom. The lowest BCUT2D eigenvalue weighted by molar-refractivity contribution is 1.07. The van der Waals surface area contributed by atoms with Crippen molar-refractivity contribution >= 4 is 75.1 Å². The maximum absolute atomic E-state index is 5.01. The summed E-state index contributed by atoms with van der Waals surface area (Å²) in [6.07, 6.45) is 0. The fourth-order valence-corrected chi connectivity index (χ4v) is 12.2. The van der Waals surface area contributed by atoms with E-state index in [-0.39, 0.29) is 0 Å². The van der Waals surface area contributed by atoms with Gasteiger partial charge in [0.15, 0.2) is 34.9 Å². The summed E-state index contributed by atoms with van der Waals surface area (Å²) in [5.74, 6) is 3.82. The third-order valence-corrected chi connectivity index (χ3v) is 15.5. The molecule has 0 fully saturated rings. The Labute approximate surface area is 434 Å². The van der Waals surface area contributed by atoms with E-state index in [0.717, 1.165) is 66.8 Å². The van der Waals surface area contributed by atoms with Gasteiger partial charge in [0.1, 0.15) is 0 Å². The minimum Gasteiger partial charge on any atom is -0.309 e. The Bertz CT molecular complexity index is 4250. The van der Waals surface area contributed by atoms with E-state index in [4.69, 9.17) is 29.9 Å². The Kier molecular flexibility index (Phi) is 9.89. The molecule has 0 aliphatic heterocycles. The van der Waals surface area contributed by atoms with Crippen molar-refractivity contribution in [2.75, 3.05) is 0 Å². The molecule has 9 heteroatoms. The van der Waals surface area contributed by atoms with Crippen molar-refractivity contribution in [3.05, 3.63) is 243 Å². The molecule has 0 saturated carbocycles. The lowest BCUT2D eigenvalue weighted by atomic mass is 10.1. The van der Waals surface area contributed by atoms with Crippen molar-refractivity contribution in [2.24, 2.45) is 0 Å². The molecule has 15 rings (SSSR count). The topological polar surface area (TPSA) is 87.2 Å². The normalized spacial score (nSPS) is 11.7. The van der Waals surface area contributed by atoms with E-state index in [1.165, 1.54) is 41.7 Å². The Hall–Kier alpha value is -9.96. The van der Waals surface area contributed by atoms with Crippen LogP contribution in [0.25, 0.3) is 143 Å². The van der Waals surface area contributed by atoms with Gasteiger partial charge in [-0.2, -0.15) is 0 Å². The fraction of sp³-hybridized carbons (Fsp3) is 0. The van der Waals surface area contributed by atoms with Gasteiger partial charge in [0, 0.05) is 86.5 Å². The molecule has 5 aromatic heterocycles. The minimum atomic E-state index is 0.628. The summed E-state index contributed by atoms with van der Waals surface area (Å²) in [5, 5.41) is 7.45. The van der Waals surface area contributed by atoms with E-state index >= 15 is 0 Å². The molecule has 0 atom stereocenters. The third-order valence-electron chi connectivity index (χ3n) is 14.2. The quantitative estimate of drug-likeness (QED) is 0.151. The molecule has 8 nitrogen and oxygen atoms in total. The summed E-state index contributed by atoms with van der Waals surface area (Å²) in [5.41, 5.74) is 12.3. The molecule has 15 aromatic rings. The van der Waals surface area contributed by atoms with Gasteiger partial charge in [-0.25, -0.2) is 29.9 Å². The molecular formula is C66H40N8S. The number of para-hydroxylation sites is 2. The molecule has 5 heterocycles. The van der Waals surface area contributed by atoms with Crippen LogP contribution in [-0.2, 0) is 0 Å². The number of hydrogen-bond acceptors (Lipinski definition) is 7. The molecule has 0 radical (unpaired) electrons. The van der Waals surface area contributed by atoms with Crippen molar-refractivity contribution < 1.29 is 0 Å². The van der Waals surface area contributed by atoms with Crippen LogP contribution in [0.5, 0.6) is 0 Å². The van der Waals surface area contributed by atoms with E-state index in [2.05, 4.69) is 130 Å². The van der Waals surface area contributed by atoms with E-state index in [9.17, 15) is 0 Å². The summed E-state index contributed by atoms with van der Waals surface area (Å²) in [4.78, 5) is 29.9. The largest absolute Gasteiger partial charge is 0.309 e. The van der Waals surface area contributed by atoms with Gasteiger partial charge in [-0.15, -0.1) is 11.3 Å². The van der Waals surface area contributed by atoms with Crippen LogP contribution in [0, 0.1) is 0 Å². The first-order chi connectivity index (χ1) is 37.2. The van der Waals surface area contributed by atoms with Crippen molar-refractivity contribution in [3.63, 3.8) is 0 Å². The predicted molar refractivity (Wildman–Crippen MR) is 307 cm³/mol. The highest BCUT2D eigenvalue weighted by Crippen LogP contribution is 2.48. The molecule has 0 spiro atoms. The fourth-order valence-electron chi connectivity index (χ4n) is 10.7.